The second-order valence-electron chi connectivity index (χ2n) is 13.3. The van der Waals surface area contributed by atoms with Gasteiger partial charge in [0.2, 0.25) is 5.91 Å². The number of primary amides is 1. The molecule has 0 aromatic carbocycles. The van der Waals surface area contributed by atoms with Crippen molar-refractivity contribution in [2.75, 3.05) is 0 Å². The van der Waals surface area contributed by atoms with Crippen LogP contribution in [0.15, 0.2) is 11.6 Å². The lowest BCUT2D eigenvalue weighted by Crippen LogP contribution is -2.50. The van der Waals surface area contributed by atoms with Crippen molar-refractivity contribution in [1.82, 2.24) is 0 Å². The van der Waals surface area contributed by atoms with E-state index in [1.165, 1.54) is 56.9 Å². The number of nitrogens with two attached hydrogens (primary N) is 1. The number of fused-ring (bicyclic) bond motifs is 5. The van der Waals surface area contributed by atoms with Gasteiger partial charge in [0.25, 0.3) is 0 Å². The first kappa shape index (κ1) is 25.0. The summed E-state index contributed by atoms with van der Waals surface area (Å²) >= 11 is 0. The lowest BCUT2D eigenvalue weighted by Gasteiger charge is -2.58. The van der Waals surface area contributed by atoms with E-state index in [-0.39, 0.29) is 23.5 Å². The summed E-state index contributed by atoms with van der Waals surface area (Å²) in [5.74, 6) is 4.64. The maximum absolute atomic E-state index is 12.5. The third kappa shape index (κ3) is 4.59. The first-order chi connectivity index (χ1) is 15.6. The average molecular weight is 456 g/mol. The van der Waals surface area contributed by atoms with Crippen molar-refractivity contribution in [3.8, 4) is 0 Å². The van der Waals surface area contributed by atoms with Crippen molar-refractivity contribution in [1.29, 1.82) is 0 Å². The summed E-state index contributed by atoms with van der Waals surface area (Å²) in [5, 5.41) is 0. The third-order valence-corrected chi connectivity index (χ3v) is 11.1. The van der Waals surface area contributed by atoms with E-state index in [0.29, 0.717) is 5.41 Å². The Morgan fingerprint density at radius 2 is 1.79 bits per heavy atom. The summed E-state index contributed by atoms with van der Waals surface area (Å²) in [6.45, 7) is 12.4. The van der Waals surface area contributed by atoms with Crippen LogP contribution in [0.5, 0.6) is 0 Å². The van der Waals surface area contributed by atoms with Crippen LogP contribution in [0.3, 0.4) is 0 Å². The summed E-state index contributed by atoms with van der Waals surface area (Å²) < 4.78 is 0. The third-order valence-electron chi connectivity index (χ3n) is 11.1. The van der Waals surface area contributed by atoms with Crippen LogP contribution in [0.1, 0.15) is 112 Å². The average Bonchev–Trinajstić information content (AvgIpc) is 3.09. The molecule has 0 aromatic rings. The molecular weight excluding hydrogens is 406 g/mol. The summed E-state index contributed by atoms with van der Waals surface area (Å²) in [7, 11) is 0. The second-order valence-corrected chi connectivity index (χ2v) is 13.3. The van der Waals surface area contributed by atoms with Gasteiger partial charge >= 0.3 is 0 Å². The van der Waals surface area contributed by atoms with Crippen LogP contribution >= 0.6 is 0 Å². The molecule has 0 spiro atoms. The van der Waals surface area contributed by atoms with Crippen molar-refractivity contribution in [3.05, 3.63) is 11.6 Å². The van der Waals surface area contributed by atoms with Crippen molar-refractivity contribution in [2.24, 2.45) is 58.0 Å². The molecule has 3 saturated carbocycles. The van der Waals surface area contributed by atoms with Gasteiger partial charge in [-0.15, -0.1) is 0 Å². The molecular formula is C30H49NO2. The van der Waals surface area contributed by atoms with E-state index in [9.17, 15) is 9.59 Å². The summed E-state index contributed by atoms with van der Waals surface area (Å²) in [5.41, 5.74) is 7.61. The van der Waals surface area contributed by atoms with Crippen molar-refractivity contribution in [2.45, 2.75) is 112 Å². The second kappa shape index (κ2) is 9.50. The van der Waals surface area contributed by atoms with Gasteiger partial charge in [-0.05, 0) is 97.7 Å². The fourth-order valence-corrected chi connectivity index (χ4v) is 9.28. The minimum absolute atomic E-state index is 0.00443. The Morgan fingerprint density at radius 3 is 2.48 bits per heavy atom. The Hall–Kier alpha value is -1.12. The standard InChI is InChI=1S/C30H49NO2/c1-19(2)7-6-8-20(3)24-11-12-25-23-10-9-22-17-21(27(32)18-28(31)33)13-15-29(22,4)26(23)14-16-30(24,25)5/h9,19-21,23-26H,6-8,10-18H2,1-5H3,(H2,31,33)/t20-,21+,23+,24-,25+,26+,29+,30-/m1/s1. The van der Waals surface area contributed by atoms with Gasteiger partial charge in [0, 0.05) is 5.92 Å². The van der Waals surface area contributed by atoms with E-state index < -0.39 is 5.91 Å². The van der Waals surface area contributed by atoms with Crippen molar-refractivity contribution >= 4 is 11.7 Å². The molecule has 3 nitrogen and oxygen atoms in total. The molecule has 0 heterocycles. The van der Waals surface area contributed by atoms with Crippen LogP contribution in [0.2, 0.25) is 0 Å². The number of amides is 1. The molecule has 0 unspecified atom stereocenters. The van der Waals surface area contributed by atoms with Gasteiger partial charge in [0.15, 0.2) is 0 Å². The Balaban J connectivity index is 1.46. The van der Waals surface area contributed by atoms with Crippen molar-refractivity contribution in [3.63, 3.8) is 0 Å². The van der Waals surface area contributed by atoms with Gasteiger partial charge in [-0.2, -0.15) is 0 Å². The highest BCUT2D eigenvalue weighted by molar-refractivity contribution is 5.98. The van der Waals surface area contributed by atoms with Crippen LogP contribution < -0.4 is 5.73 Å². The fraction of sp³-hybridized carbons (Fsp3) is 0.867. The molecule has 0 saturated heterocycles. The number of carbonyl (C=O) groups is 2. The number of hydrogen-bond donors (Lipinski definition) is 1. The van der Waals surface area contributed by atoms with Gasteiger partial charge in [0.1, 0.15) is 5.78 Å². The van der Waals surface area contributed by atoms with E-state index in [4.69, 9.17) is 5.73 Å². The smallest absolute Gasteiger partial charge is 0.224 e. The minimum atomic E-state index is -0.480. The van der Waals surface area contributed by atoms with E-state index in [0.717, 1.165) is 54.8 Å². The van der Waals surface area contributed by atoms with E-state index in [1.807, 2.05) is 0 Å². The molecule has 0 aromatic heterocycles. The van der Waals surface area contributed by atoms with Gasteiger partial charge < -0.3 is 5.73 Å². The Kier molecular flexibility index (Phi) is 7.19. The Bertz CT molecular complexity index is 784. The molecule has 33 heavy (non-hydrogen) atoms. The van der Waals surface area contributed by atoms with Crippen LogP contribution in [0, 0.1) is 52.3 Å². The largest absolute Gasteiger partial charge is 0.369 e. The van der Waals surface area contributed by atoms with Gasteiger partial charge in [-0.3, -0.25) is 9.59 Å². The highest BCUT2D eigenvalue weighted by atomic mass is 16.2. The molecule has 1 amide bonds. The van der Waals surface area contributed by atoms with E-state index in [1.54, 1.807) is 0 Å². The molecule has 2 N–H and O–H groups in total. The monoisotopic (exact) mass is 455 g/mol. The molecule has 0 bridgehead atoms. The molecule has 0 aliphatic heterocycles. The zero-order valence-electron chi connectivity index (χ0n) is 22.0. The SMILES string of the molecule is CC(C)CCC[C@@H](C)[C@H]1CC[C@H]2[C@@H]3CC=C4C[C@@H](C(=O)CC(N)=O)CC[C@]4(C)[C@H]3CC[C@]12C. The normalized spacial score (nSPS) is 41.0. The van der Waals surface area contributed by atoms with Gasteiger partial charge in [-0.1, -0.05) is 65.5 Å². The van der Waals surface area contributed by atoms with Crippen LogP contribution in [0.25, 0.3) is 0 Å². The molecule has 186 valence electrons. The molecule has 3 fully saturated rings. The lowest BCUT2D eigenvalue weighted by molar-refractivity contribution is -0.130. The predicted molar refractivity (Wildman–Crippen MR) is 135 cm³/mol. The quantitative estimate of drug-likeness (QED) is 0.314. The lowest BCUT2D eigenvalue weighted by atomic mass is 9.46. The number of carbonyl (C=O) groups excluding carboxylic acids is 2. The van der Waals surface area contributed by atoms with Crippen LogP contribution in [-0.2, 0) is 9.59 Å². The number of allylic oxidation sites excluding steroid dienone is 2. The predicted octanol–water partition coefficient (Wildman–Crippen LogP) is 7.09. The highest BCUT2D eigenvalue weighted by Gasteiger charge is 2.59. The molecule has 4 rings (SSSR count). The minimum Gasteiger partial charge on any atom is -0.369 e. The molecule has 4 aliphatic rings. The first-order valence-corrected chi connectivity index (χ1v) is 14.1. The fourth-order valence-electron chi connectivity index (χ4n) is 9.28. The van der Waals surface area contributed by atoms with E-state index >= 15 is 0 Å². The molecule has 8 atom stereocenters. The topological polar surface area (TPSA) is 60.2 Å². The molecule has 3 heteroatoms. The van der Waals surface area contributed by atoms with Gasteiger partial charge in [0.05, 0.1) is 6.42 Å². The van der Waals surface area contributed by atoms with E-state index in [2.05, 4.69) is 40.7 Å². The number of ketones is 1. The van der Waals surface area contributed by atoms with Crippen molar-refractivity contribution < 1.29 is 9.59 Å². The maximum Gasteiger partial charge on any atom is 0.224 e. The first-order valence-electron chi connectivity index (χ1n) is 14.1. The van der Waals surface area contributed by atoms with Gasteiger partial charge in [-0.25, -0.2) is 0 Å². The molecule has 4 aliphatic carbocycles. The Morgan fingerprint density at radius 1 is 1.03 bits per heavy atom. The summed E-state index contributed by atoms with van der Waals surface area (Å²) in [6, 6.07) is 0. The van der Waals surface area contributed by atoms with Crippen LogP contribution in [-0.4, -0.2) is 11.7 Å². The van der Waals surface area contributed by atoms with Crippen LogP contribution in [0.4, 0.5) is 0 Å². The summed E-state index contributed by atoms with van der Waals surface area (Å²) in [4.78, 5) is 23.8. The number of hydrogen-bond acceptors (Lipinski definition) is 2. The summed E-state index contributed by atoms with van der Waals surface area (Å²) in [6.07, 6.45) is 16.3. The number of Topliss-reactive ketones (excluding diaryl/α,β-unsaturated/α-hetero) is 1. The maximum atomic E-state index is 12.5. The number of rotatable bonds is 8. The zero-order chi connectivity index (χ0) is 24.0. The highest BCUT2D eigenvalue weighted by Crippen LogP contribution is 2.67. The molecule has 0 radical (unpaired) electrons. The zero-order valence-corrected chi connectivity index (χ0v) is 22.0. The Labute approximate surface area is 202 Å².